The van der Waals surface area contributed by atoms with Crippen LogP contribution in [0.25, 0.3) is 23.3 Å². The summed E-state index contributed by atoms with van der Waals surface area (Å²) >= 11 is 5.96. The summed E-state index contributed by atoms with van der Waals surface area (Å²) in [5.41, 5.74) is 2.32. The van der Waals surface area contributed by atoms with Gasteiger partial charge < -0.3 is 18.6 Å². The van der Waals surface area contributed by atoms with Crippen LogP contribution in [-0.2, 0) is 0 Å². The maximum atomic E-state index is 5.96. The standard InChI is InChI=1S/C18H14ClNO4/c1-21-15-8-11(9-16-18(15)23-7-6-22-16)2-5-17-20-13-10-12(19)3-4-14(13)24-17/h2-5,8-10H,6-7H2,1H3/b5-2+. The van der Waals surface area contributed by atoms with Crippen molar-refractivity contribution in [3.63, 3.8) is 0 Å². The van der Waals surface area contributed by atoms with Gasteiger partial charge in [0.15, 0.2) is 17.1 Å². The highest BCUT2D eigenvalue weighted by molar-refractivity contribution is 6.31. The number of rotatable bonds is 3. The smallest absolute Gasteiger partial charge is 0.220 e. The Kier molecular flexibility index (Phi) is 3.78. The van der Waals surface area contributed by atoms with Crippen molar-refractivity contribution >= 4 is 34.9 Å². The molecule has 0 saturated heterocycles. The van der Waals surface area contributed by atoms with E-state index in [9.17, 15) is 0 Å². The fourth-order valence-corrected chi connectivity index (χ4v) is 2.71. The molecule has 122 valence electrons. The van der Waals surface area contributed by atoms with Gasteiger partial charge in [-0.15, -0.1) is 0 Å². The van der Waals surface area contributed by atoms with Crippen molar-refractivity contribution in [3.05, 3.63) is 46.8 Å². The molecule has 5 nitrogen and oxygen atoms in total. The van der Waals surface area contributed by atoms with Crippen LogP contribution in [0.3, 0.4) is 0 Å². The van der Waals surface area contributed by atoms with Crippen LogP contribution in [-0.4, -0.2) is 25.3 Å². The van der Waals surface area contributed by atoms with E-state index in [-0.39, 0.29) is 0 Å². The zero-order chi connectivity index (χ0) is 16.5. The van der Waals surface area contributed by atoms with Gasteiger partial charge in [0.25, 0.3) is 0 Å². The van der Waals surface area contributed by atoms with Crippen LogP contribution in [0, 0.1) is 0 Å². The van der Waals surface area contributed by atoms with Crippen LogP contribution < -0.4 is 14.2 Å². The Bertz CT molecular complexity index is 915. The Labute approximate surface area is 143 Å². The Hall–Kier alpha value is -2.66. The van der Waals surface area contributed by atoms with E-state index in [1.165, 1.54) is 0 Å². The number of nitrogens with zero attached hydrogens (tertiary/aromatic N) is 1. The molecule has 0 unspecified atom stereocenters. The summed E-state index contributed by atoms with van der Waals surface area (Å²) in [6.45, 7) is 1.04. The number of aromatic nitrogens is 1. The lowest BCUT2D eigenvalue weighted by atomic mass is 10.1. The first-order chi connectivity index (χ1) is 11.7. The van der Waals surface area contributed by atoms with Crippen molar-refractivity contribution in [2.24, 2.45) is 0 Å². The maximum Gasteiger partial charge on any atom is 0.220 e. The molecule has 4 rings (SSSR count). The quantitative estimate of drug-likeness (QED) is 0.704. The third-order valence-corrected chi connectivity index (χ3v) is 3.87. The molecule has 0 spiro atoms. The number of methoxy groups -OCH3 is 1. The highest BCUT2D eigenvalue weighted by Crippen LogP contribution is 2.40. The molecule has 3 aromatic rings. The molecule has 2 heterocycles. The first-order valence-electron chi connectivity index (χ1n) is 7.45. The first-order valence-corrected chi connectivity index (χ1v) is 7.82. The summed E-state index contributed by atoms with van der Waals surface area (Å²) in [5, 5.41) is 0.628. The molecule has 1 aromatic heterocycles. The fraction of sp³-hybridized carbons (Fsp3) is 0.167. The summed E-state index contributed by atoms with van der Waals surface area (Å²) in [7, 11) is 1.60. The summed E-state index contributed by atoms with van der Waals surface area (Å²) in [5.74, 6) is 2.44. The number of oxazole rings is 1. The normalized spacial score (nSPS) is 13.6. The van der Waals surface area contributed by atoms with Crippen LogP contribution in [0.2, 0.25) is 5.02 Å². The lowest BCUT2D eigenvalue weighted by Gasteiger charge is -2.20. The number of halogens is 1. The lowest BCUT2D eigenvalue weighted by molar-refractivity contribution is 0.165. The Balaban J connectivity index is 1.67. The first kappa shape index (κ1) is 14.9. The molecule has 24 heavy (non-hydrogen) atoms. The van der Waals surface area contributed by atoms with Crippen molar-refractivity contribution in [1.82, 2.24) is 4.98 Å². The van der Waals surface area contributed by atoms with Crippen LogP contribution in [0.5, 0.6) is 17.2 Å². The van der Waals surface area contributed by atoms with Gasteiger partial charge in [-0.3, -0.25) is 0 Å². The number of ether oxygens (including phenoxy) is 3. The van der Waals surface area contributed by atoms with Crippen LogP contribution >= 0.6 is 11.6 Å². The van der Waals surface area contributed by atoms with E-state index >= 15 is 0 Å². The van der Waals surface area contributed by atoms with Crippen molar-refractivity contribution < 1.29 is 18.6 Å². The van der Waals surface area contributed by atoms with Crippen LogP contribution in [0.4, 0.5) is 0 Å². The summed E-state index contributed by atoms with van der Waals surface area (Å²) in [4.78, 5) is 4.39. The minimum Gasteiger partial charge on any atom is -0.493 e. The number of fused-ring (bicyclic) bond motifs is 2. The molecular weight excluding hydrogens is 330 g/mol. The van der Waals surface area contributed by atoms with E-state index in [2.05, 4.69) is 4.98 Å². The monoisotopic (exact) mass is 343 g/mol. The number of hydrogen-bond donors (Lipinski definition) is 0. The average molecular weight is 344 g/mol. The molecule has 0 saturated carbocycles. The topological polar surface area (TPSA) is 53.7 Å². The van der Waals surface area contributed by atoms with Crippen molar-refractivity contribution in [2.75, 3.05) is 20.3 Å². The van der Waals surface area contributed by atoms with Gasteiger partial charge in [-0.1, -0.05) is 11.6 Å². The fourth-order valence-electron chi connectivity index (χ4n) is 2.55. The van der Waals surface area contributed by atoms with Crippen molar-refractivity contribution in [1.29, 1.82) is 0 Å². The molecule has 0 atom stereocenters. The van der Waals surface area contributed by atoms with Gasteiger partial charge in [-0.25, -0.2) is 4.98 Å². The van der Waals surface area contributed by atoms with E-state index in [1.807, 2.05) is 18.2 Å². The maximum absolute atomic E-state index is 5.96. The van der Waals surface area contributed by atoms with E-state index < -0.39 is 0 Å². The third kappa shape index (κ3) is 2.78. The van der Waals surface area contributed by atoms with Gasteiger partial charge in [-0.05, 0) is 42.0 Å². The van der Waals surface area contributed by atoms with E-state index in [4.69, 9.17) is 30.2 Å². The Morgan fingerprint density at radius 1 is 1.12 bits per heavy atom. The number of hydrogen-bond acceptors (Lipinski definition) is 5. The highest BCUT2D eigenvalue weighted by Gasteiger charge is 2.17. The van der Waals surface area contributed by atoms with Gasteiger partial charge in [-0.2, -0.15) is 0 Å². The second-order valence-corrected chi connectivity index (χ2v) is 5.68. The van der Waals surface area contributed by atoms with Crippen LogP contribution in [0.15, 0.2) is 34.7 Å². The molecule has 2 aromatic carbocycles. The van der Waals surface area contributed by atoms with E-state index in [0.717, 1.165) is 11.1 Å². The number of benzene rings is 2. The van der Waals surface area contributed by atoms with E-state index in [1.54, 1.807) is 31.4 Å². The molecular formula is C18H14ClNO4. The van der Waals surface area contributed by atoms with Crippen molar-refractivity contribution in [2.45, 2.75) is 0 Å². The van der Waals surface area contributed by atoms with Crippen LogP contribution in [0.1, 0.15) is 11.5 Å². The predicted molar refractivity (Wildman–Crippen MR) is 91.9 cm³/mol. The summed E-state index contributed by atoms with van der Waals surface area (Å²) in [6.07, 6.45) is 3.67. The Morgan fingerprint density at radius 2 is 2.00 bits per heavy atom. The molecule has 0 aliphatic carbocycles. The summed E-state index contributed by atoms with van der Waals surface area (Å²) in [6, 6.07) is 9.12. The van der Waals surface area contributed by atoms with Gasteiger partial charge in [0.05, 0.1) is 7.11 Å². The van der Waals surface area contributed by atoms with Gasteiger partial charge in [0.2, 0.25) is 11.6 Å². The molecule has 0 bridgehead atoms. The minimum atomic E-state index is 0.501. The summed E-state index contributed by atoms with van der Waals surface area (Å²) < 4.78 is 22.3. The lowest BCUT2D eigenvalue weighted by Crippen LogP contribution is -2.16. The van der Waals surface area contributed by atoms with Gasteiger partial charge in [0.1, 0.15) is 18.7 Å². The molecule has 0 amide bonds. The average Bonchev–Trinajstić information content (AvgIpc) is 3.01. The highest BCUT2D eigenvalue weighted by atomic mass is 35.5. The molecule has 0 fully saturated rings. The molecule has 1 aliphatic heterocycles. The van der Waals surface area contributed by atoms with E-state index in [0.29, 0.717) is 47.0 Å². The molecule has 1 aliphatic rings. The molecule has 0 N–H and O–H groups in total. The van der Waals surface area contributed by atoms with Gasteiger partial charge in [0, 0.05) is 11.1 Å². The van der Waals surface area contributed by atoms with Gasteiger partial charge >= 0.3 is 0 Å². The zero-order valence-electron chi connectivity index (χ0n) is 12.9. The largest absolute Gasteiger partial charge is 0.493 e. The predicted octanol–water partition coefficient (Wildman–Crippen LogP) is 4.43. The third-order valence-electron chi connectivity index (χ3n) is 3.63. The SMILES string of the molecule is COc1cc(/C=C/c2nc3cc(Cl)ccc3o2)cc2c1OCCO2. The second kappa shape index (κ2) is 6.09. The zero-order valence-corrected chi connectivity index (χ0v) is 13.7. The Morgan fingerprint density at radius 3 is 2.88 bits per heavy atom. The molecule has 0 radical (unpaired) electrons. The second-order valence-electron chi connectivity index (χ2n) is 5.24. The molecule has 6 heteroatoms. The minimum absolute atomic E-state index is 0.501. The van der Waals surface area contributed by atoms with Crippen molar-refractivity contribution in [3.8, 4) is 17.2 Å².